The molecular weight excluding hydrogens is 316 g/mol. The monoisotopic (exact) mass is 342 g/mol. The number of aryl methyl sites for hydroxylation is 2. The lowest BCUT2D eigenvalue weighted by Crippen LogP contribution is -2.27. The molecule has 0 bridgehead atoms. The van der Waals surface area contributed by atoms with Crippen LogP contribution >= 0.6 is 0 Å². The molecule has 0 atom stereocenters. The highest BCUT2D eigenvalue weighted by Gasteiger charge is 2.24. The zero-order valence-electron chi connectivity index (χ0n) is 15.4. The Morgan fingerprint density at radius 1 is 1.32 bits per heavy atom. The second-order valence-electron chi connectivity index (χ2n) is 7.54. The number of rotatable bonds is 4. The molecule has 0 saturated carbocycles. The Labute approximate surface area is 148 Å². The van der Waals surface area contributed by atoms with E-state index in [1.807, 2.05) is 39.0 Å². The molecule has 5 nitrogen and oxygen atoms in total. The minimum atomic E-state index is -0.511. The van der Waals surface area contributed by atoms with Gasteiger partial charge >= 0.3 is 6.09 Å². The zero-order chi connectivity index (χ0) is 18.0. The molecule has 1 heterocycles. The van der Waals surface area contributed by atoms with Gasteiger partial charge in [-0.3, -0.25) is 5.32 Å². The molecule has 1 amide bonds. The molecule has 134 valence electrons. The SMILES string of the molecule is CCCCc1onc2c1CCc1cc(NC(=O)OC(C)(C)C)ccc1-2. The standard InChI is InChI=1S/C20H26N2O3/c1-5-6-7-17-16-10-8-13-12-14(21-19(23)24-20(2,3)4)9-11-15(13)18(16)22-25-17/h9,11-12H,5-8,10H2,1-4H3,(H,21,23). The highest BCUT2D eigenvalue weighted by atomic mass is 16.6. The summed E-state index contributed by atoms with van der Waals surface area (Å²) in [5, 5.41) is 7.10. The van der Waals surface area contributed by atoms with E-state index in [9.17, 15) is 4.79 Å². The Hall–Kier alpha value is -2.30. The molecule has 0 aliphatic heterocycles. The summed E-state index contributed by atoms with van der Waals surface area (Å²) in [6.45, 7) is 7.72. The largest absolute Gasteiger partial charge is 0.444 e. The summed E-state index contributed by atoms with van der Waals surface area (Å²) >= 11 is 0. The number of amides is 1. The third-order valence-corrected chi connectivity index (χ3v) is 4.28. The van der Waals surface area contributed by atoms with Crippen LogP contribution in [0.25, 0.3) is 11.3 Å². The highest BCUT2D eigenvalue weighted by Crippen LogP contribution is 2.36. The van der Waals surface area contributed by atoms with Crippen LogP contribution in [0.4, 0.5) is 10.5 Å². The van der Waals surface area contributed by atoms with E-state index >= 15 is 0 Å². The molecule has 1 aromatic heterocycles. The van der Waals surface area contributed by atoms with Crippen LogP contribution in [0, 0.1) is 0 Å². The number of benzene rings is 1. The first-order valence-electron chi connectivity index (χ1n) is 8.98. The van der Waals surface area contributed by atoms with E-state index in [2.05, 4.69) is 17.4 Å². The van der Waals surface area contributed by atoms with Crippen LogP contribution in [0.1, 0.15) is 57.4 Å². The van der Waals surface area contributed by atoms with Crippen molar-refractivity contribution in [1.29, 1.82) is 0 Å². The number of unbranched alkanes of at least 4 members (excludes halogenated alkanes) is 1. The number of nitrogens with zero attached hydrogens (tertiary/aromatic N) is 1. The molecular formula is C20H26N2O3. The maximum absolute atomic E-state index is 11.9. The quantitative estimate of drug-likeness (QED) is 0.836. The lowest BCUT2D eigenvalue weighted by Gasteiger charge is -2.20. The summed E-state index contributed by atoms with van der Waals surface area (Å²) in [6.07, 6.45) is 4.63. The van der Waals surface area contributed by atoms with Crippen LogP contribution in [0.15, 0.2) is 22.7 Å². The number of anilines is 1. The van der Waals surface area contributed by atoms with Gasteiger partial charge in [0, 0.05) is 23.2 Å². The summed E-state index contributed by atoms with van der Waals surface area (Å²) in [5.74, 6) is 1.03. The van der Waals surface area contributed by atoms with E-state index < -0.39 is 11.7 Å². The molecule has 0 radical (unpaired) electrons. The number of hydrogen-bond acceptors (Lipinski definition) is 4. The molecule has 0 saturated heterocycles. The van der Waals surface area contributed by atoms with Crippen LogP contribution in [0.2, 0.25) is 0 Å². The fraction of sp³-hybridized carbons (Fsp3) is 0.500. The molecule has 5 heteroatoms. The van der Waals surface area contributed by atoms with Gasteiger partial charge in [-0.2, -0.15) is 0 Å². The van der Waals surface area contributed by atoms with Crippen LogP contribution in [-0.2, 0) is 24.0 Å². The van der Waals surface area contributed by atoms with Crippen molar-refractivity contribution in [2.75, 3.05) is 5.32 Å². The Morgan fingerprint density at radius 2 is 2.12 bits per heavy atom. The van der Waals surface area contributed by atoms with E-state index in [0.29, 0.717) is 0 Å². The van der Waals surface area contributed by atoms with Gasteiger partial charge in [-0.05, 0) is 57.7 Å². The number of aromatic nitrogens is 1. The summed E-state index contributed by atoms with van der Waals surface area (Å²) < 4.78 is 10.9. The Morgan fingerprint density at radius 3 is 2.84 bits per heavy atom. The Kier molecular flexibility index (Phi) is 4.84. The molecule has 1 aliphatic rings. The van der Waals surface area contributed by atoms with Crippen molar-refractivity contribution >= 4 is 11.8 Å². The average Bonchev–Trinajstić information content (AvgIpc) is 2.94. The van der Waals surface area contributed by atoms with E-state index in [-0.39, 0.29) is 0 Å². The molecule has 25 heavy (non-hydrogen) atoms. The molecule has 1 aromatic carbocycles. The summed E-state index contributed by atoms with van der Waals surface area (Å²) in [5.41, 5.74) is 4.71. The second-order valence-corrected chi connectivity index (χ2v) is 7.54. The van der Waals surface area contributed by atoms with Crippen LogP contribution < -0.4 is 5.32 Å². The zero-order valence-corrected chi connectivity index (χ0v) is 15.4. The highest BCUT2D eigenvalue weighted by molar-refractivity contribution is 5.86. The van der Waals surface area contributed by atoms with E-state index in [0.717, 1.165) is 54.8 Å². The van der Waals surface area contributed by atoms with E-state index in [1.165, 1.54) is 11.1 Å². The number of ether oxygens (including phenoxy) is 1. The van der Waals surface area contributed by atoms with Gasteiger partial charge in [-0.25, -0.2) is 4.79 Å². The van der Waals surface area contributed by atoms with Gasteiger partial charge in [0.25, 0.3) is 0 Å². The van der Waals surface area contributed by atoms with Crippen molar-refractivity contribution in [3.63, 3.8) is 0 Å². The van der Waals surface area contributed by atoms with Gasteiger partial charge in [0.05, 0.1) is 0 Å². The first-order chi connectivity index (χ1) is 11.9. The summed E-state index contributed by atoms with van der Waals surface area (Å²) in [7, 11) is 0. The molecule has 2 aromatic rings. The van der Waals surface area contributed by atoms with Crippen molar-refractivity contribution in [1.82, 2.24) is 5.16 Å². The van der Waals surface area contributed by atoms with Gasteiger partial charge < -0.3 is 9.26 Å². The fourth-order valence-corrected chi connectivity index (χ4v) is 3.14. The van der Waals surface area contributed by atoms with Crippen LogP contribution in [0.5, 0.6) is 0 Å². The van der Waals surface area contributed by atoms with Gasteiger partial charge in [-0.15, -0.1) is 0 Å². The normalized spacial score (nSPS) is 13.1. The van der Waals surface area contributed by atoms with Crippen LogP contribution in [-0.4, -0.2) is 16.9 Å². The predicted molar refractivity (Wildman–Crippen MR) is 97.8 cm³/mol. The van der Waals surface area contributed by atoms with Crippen molar-refractivity contribution in [3.05, 3.63) is 35.1 Å². The van der Waals surface area contributed by atoms with Crippen molar-refractivity contribution in [2.24, 2.45) is 0 Å². The summed E-state index contributed by atoms with van der Waals surface area (Å²) in [6, 6.07) is 5.90. The second kappa shape index (κ2) is 6.90. The minimum absolute atomic E-state index is 0.438. The van der Waals surface area contributed by atoms with Crippen molar-refractivity contribution in [3.8, 4) is 11.3 Å². The van der Waals surface area contributed by atoms with E-state index in [1.54, 1.807) is 0 Å². The number of hydrogen-bond donors (Lipinski definition) is 1. The van der Waals surface area contributed by atoms with Gasteiger partial charge in [0.2, 0.25) is 0 Å². The smallest absolute Gasteiger partial charge is 0.412 e. The molecule has 1 aliphatic carbocycles. The van der Waals surface area contributed by atoms with Gasteiger partial charge in [0.15, 0.2) is 0 Å². The number of carbonyl (C=O) groups excluding carboxylic acids is 1. The first kappa shape index (κ1) is 17.5. The van der Waals surface area contributed by atoms with Crippen molar-refractivity contribution < 1.29 is 14.1 Å². The molecule has 0 unspecified atom stereocenters. The molecule has 1 N–H and O–H groups in total. The topological polar surface area (TPSA) is 64.4 Å². The number of carbonyl (C=O) groups is 1. The fourth-order valence-electron chi connectivity index (χ4n) is 3.14. The number of nitrogens with one attached hydrogen (secondary N) is 1. The van der Waals surface area contributed by atoms with E-state index in [4.69, 9.17) is 9.26 Å². The molecule has 3 rings (SSSR count). The number of fused-ring (bicyclic) bond motifs is 3. The predicted octanol–water partition coefficient (Wildman–Crippen LogP) is 5.13. The summed E-state index contributed by atoms with van der Waals surface area (Å²) in [4.78, 5) is 11.9. The van der Waals surface area contributed by atoms with Gasteiger partial charge in [-0.1, -0.05) is 24.6 Å². The first-order valence-corrected chi connectivity index (χ1v) is 8.98. The molecule has 0 fully saturated rings. The third kappa shape index (κ3) is 4.03. The van der Waals surface area contributed by atoms with Crippen molar-refractivity contribution in [2.45, 2.75) is 65.4 Å². The maximum atomic E-state index is 11.9. The lowest BCUT2D eigenvalue weighted by atomic mass is 9.88. The maximum Gasteiger partial charge on any atom is 0.412 e. The Bertz CT molecular complexity index is 772. The van der Waals surface area contributed by atoms with Crippen LogP contribution in [0.3, 0.4) is 0 Å². The minimum Gasteiger partial charge on any atom is -0.444 e. The lowest BCUT2D eigenvalue weighted by molar-refractivity contribution is 0.0636. The average molecular weight is 342 g/mol. The van der Waals surface area contributed by atoms with Gasteiger partial charge in [0.1, 0.15) is 17.1 Å². The molecule has 0 spiro atoms. The third-order valence-electron chi connectivity index (χ3n) is 4.28. The Balaban J connectivity index is 1.79.